The summed E-state index contributed by atoms with van der Waals surface area (Å²) >= 11 is 1.20. The first-order chi connectivity index (χ1) is 9.99. The molecule has 0 saturated heterocycles. The van der Waals surface area contributed by atoms with Gasteiger partial charge in [0, 0.05) is 4.88 Å². The Morgan fingerprint density at radius 2 is 1.90 bits per heavy atom. The summed E-state index contributed by atoms with van der Waals surface area (Å²) < 4.78 is 0. The zero-order valence-corrected chi connectivity index (χ0v) is 13.7. The number of nitrogens with zero attached hydrogens (tertiary/aromatic N) is 1. The standard InChI is InChI=1S/C15H24N2O3S/c1-4-8-17(9-5-2)11(3)14(18)16-10-12-6-7-13(21-12)15(19)20/h6-7,11H,4-5,8-10H2,1-3H3,(H,16,18)(H,19,20). The van der Waals surface area contributed by atoms with Gasteiger partial charge in [0.1, 0.15) is 4.88 Å². The van der Waals surface area contributed by atoms with Crippen molar-refractivity contribution in [3.05, 3.63) is 21.9 Å². The maximum atomic E-state index is 12.2. The molecule has 2 N–H and O–H groups in total. The molecule has 0 aliphatic carbocycles. The molecule has 0 fully saturated rings. The average Bonchev–Trinajstić information content (AvgIpc) is 2.93. The van der Waals surface area contributed by atoms with Gasteiger partial charge in [-0.25, -0.2) is 4.79 Å². The van der Waals surface area contributed by atoms with Gasteiger partial charge in [0.2, 0.25) is 5.91 Å². The number of amides is 1. The topological polar surface area (TPSA) is 69.6 Å². The molecule has 118 valence electrons. The van der Waals surface area contributed by atoms with Crippen LogP contribution in [0.3, 0.4) is 0 Å². The minimum atomic E-state index is -0.928. The molecule has 1 rings (SSSR count). The fourth-order valence-corrected chi connectivity index (χ4v) is 2.94. The van der Waals surface area contributed by atoms with Gasteiger partial charge < -0.3 is 10.4 Å². The van der Waals surface area contributed by atoms with E-state index in [0.717, 1.165) is 30.8 Å². The van der Waals surface area contributed by atoms with Gasteiger partial charge in [-0.05, 0) is 45.0 Å². The molecule has 1 aromatic heterocycles. The fraction of sp³-hybridized carbons (Fsp3) is 0.600. The molecule has 0 aliphatic heterocycles. The van der Waals surface area contributed by atoms with Gasteiger partial charge in [0.15, 0.2) is 0 Å². The van der Waals surface area contributed by atoms with Crippen LogP contribution in [0.5, 0.6) is 0 Å². The lowest BCUT2D eigenvalue weighted by Gasteiger charge is -2.27. The molecule has 1 aromatic rings. The van der Waals surface area contributed by atoms with Crippen LogP contribution < -0.4 is 5.32 Å². The van der Waals surface area contributed by atoms with E-state index in [2.05, 4.69) is 24.1 Å². The maximum Gasteiger partial charge on any atom is 0.345 e. The highest BCUT2D eigenvalue weighted by molar-refractivity contribution is 7.13. The van der Waals surface area contributed by atoms with Crippen molar-refractivity contribution in [3.63, 3.8) is 0 Å². The molecular weight excluding hydrogens is 288 g/mol. The first-order valence-electron chi connectivity index (χ1n) is 7.33. The lowest BCUT2D eigenvalue weighted by atomic mass is 10.2. The van der Waals surface area contributed by atoms with E-state index in [0.29, 0.717) is 11.4 Å². The van der Waals surface area contributed by atoms with Crippen molar-refractivity contribution in [2.24, 2.45) is 0 Å². The Hall–Kier alpha value is -1.40. The van der Waals surface area contributed by atoms with E-state index in [1.807, 2.05) is 6.92 Å². The van der Waals surface area contributed by atoms with Gasteiger partial charge in [-0.1, -0.05) is 13.8 Å². The molecular formula is C15H24N2O3S. The van der Waals surface area contributed by atoms with Crippen LogP contribution in [0, 0.1) is 0 Å². The van der Waals surface area contributed by atoms with E-state index in [9.17, 15) is 9.59 Å². The minimum Gasteiger partial charge on any atom is -0.477 e. The van der Waals surface area contributed by atoms with Crippen LogP contribution in [0.4, 0.5) is 0 Å². The van der Waals surface area contributed by atoms with E-state index in [1.165, 1.54) is 11.3 Å². The summed E-state index contributed by atoms with van der Waals surface area (Å²) in [6.07, 6.45) is 2.04. The number of carbonyl (C=O) groups is 2. The Labute approximate surface area is 130 Å². The minimum absolute atomic E-state index is 0.0119. The largest absolute Gasteiger partial charge is 0.477 e. The lowest BCUT2D eigenvalue weighted by Crippen LogP contribution is -2.45. The van der Waals surface area contributed by atoms with Gasteiger partial charge in [-0.2, -0.15) is 0 Å². The molecule has 0 bridgehead atoms. The van der Waals surface area contributed by atoms with Crippen molar-refractivity contribution in [2.75, 3.05) is 13.1 Å². The SMILES string of the molecule is CCCN(CCC)C(C)C(=O)NCc1ccc(C(=O)O)s1. The Morgan fingerprint density at radius 3 is 2.38 bits per heavy atom. The molecule has 0 spiro atoms. The zero-order valence-electron chi connectivity index (χ0n) is 12.9. The summed E-state index contributed by atoms with van der Waals surface area (Å²) in [7, 11) is 0. The fourth-order valence-electron chi connectivity index (χ4n) is 2.15. The number of carbonyl (C=O) groups excluding carboxylic acids is 1. The predicted octanol–water partition coefficient (Wildman–Crippen LogP) is 2.57. The number of aromatic carboxylic acids is 1. The first kappa shape index (κ1) is 17.7. The van der Waals surface area contributed by atoms with Gasteiger partial charge >= 0.3 is 5.97 Å². The Bertz CT molecular complexity index is 467. The van der Waals surface area contributed by atoms with Crippen LogP contribution in [0.1, 0.15) is 48.2 Å². The summed E-state index contributed by atoms with van der Waals surface area (Å²) in [6.45, 7) is 8.32. The predicted molar refractivity (Wildman–Crippen MR) is 84.7 cm³/mol. The second kappa shape index (κ2) is 8.79. The summed E-state index contributed by atoms with van der Waals surface area (Å²) in [4.78, 5) is 26.3. The zero-order chi connectivity index (χ0) is 15.8. The van der Waals surface area contributed by atoms with Crippen LogP contribution in [0.15, 0.2) is 12.1 Å². The first-order valence-corrected chi connectivity index (χ1v) is 8.15. The number of rotatable bonds is 9. The van der Waals surface area contributed by atoms with Crippen LogP contribution in [0.2, 0.25) is 0 Å². The summed E-state index contributed by atoms with van der Waals surface area (Å²) in [5.41, 5.74) is 0. The second-order valence-electron chi connectivity index (χ2n) is 5.00. The van der Waals surface area contributed by atoms with E-state index in [4.69, 9.17) is 5.11 Å². The third kappa shape index (κ3) is 5.47. The Kier molecular flexibility index (Phi) is 7.39. The van der Waals surface area contributed by atoms with Crippen molar-refractivity contribution >= 4 is 23.2 Å². The molecule has 0 aromatic carbocycles. The normalized spacial score (nSPS) is 12.4. The van der Waals surface area contributed by atoms with Crippen LogP contribution in [-0.4, -0.2) is 41.0 Å². The summed E-state index contributed by atoms with van der Waals surface area (Å²) in [5.74, 6) is -0.940. The third-order valence-corrected chi connectivity index (χ3v) is 4.33. The molecule has 1 atom stereocenters. The average molecular weight is 312 g/mol. The molecule has 1 amide bonds. The molecule has 0 aliphatic rings. The lowest BCUT2D eigenvalue weighted by molar-refractivity contribution is -0.126. The molecule has 6 heteroatoms. The van der Waals surface area contributed by atoms with E-state index >= 15 is 0 Å². The van der Waals surface area contributed by atoms with Crippen molar-refractivity contribution in [1.29, 1.82) is 0 Å². The molecule has 1 heterocycles. The number of nitrogens with one attached hydrogen (secondary N) is 1. The van der Waals surface area contributed by atoms with Crippen molar-refractivity contribution < 1.29 is 14.7 Å². The van der Waals surface area contributed by atoms with Gasteiger partial charge in [-0.15, -0.1) is 11.3 Å². The number of carboxylic acid groups (broad SMARTS) is 1. The highest BCUT2D eigenvalue weighted by atomic mass is 32.1. The number of carboxylic acids is 1. The number of hydrogen-bond donors (Lipinski definition) is 2. The van der Waals surface area contributed by atoms with Gasteiger partial charge in [0.05, 0.1) is 12.6 Å². The highest BCUT2D eigenvalue weighted by Crippen LogP contribution is 2.16. The molecule has 0 radical (unpaired) electrons. The van der Waals surface area contributed by atoms with Gasteiger partial charge in [-0.3, -0.25) is 9.69 Å². The van der Waals surface area contributed by atoms with Crippen LogP contribution >= 0.6 is 11.3 Å². The quantitative estimate of drug-likeness (QED) is 0.735. The van der Waals surface area contributed by atoms with Gasteiger partial charge in [0.25, 0.3) is 0 Å². The van der Waals surface area contributed by atoms with Crippen molar-refractivity contribution in [3.8, 4) is 0 Å². The maximum absolute atomic E-state index is 12.2. The van der Waals surface area contributed by atoms with E-state index in [1.54, 1.807) is 12.1 Å². The molecule has 1 unspecified atom stereocenters. The number of thiophene rings is 1. The monoisotopic (exact) mass is 312 g/mol. The van der Waals surface area contributed by atoms with Crippen molar-refractivity contribution in [1.82, 2.24) is 10.2 Å². The second-order valence-corrected chi connectivity index (χ2v) is 6.17. The third-order valence-electron chi connectivity index (χ3n) is 3.26. The van der Waals surface area contributed by atoms with Crippen LogP contribution in [0.25, 0.3) is 0 Å². The molecule has 21 heavy (non-hydrogen) atoms. The Morgan fingerprint density at radius 1 is 1.29 bits per heavy atom. The van der Waals surface area contributed by atoms with Crippen molar-refractivity contribution in [2.45, 2.75) is 46.2 Å². The molecule has 5 nitrogen and oxygen atoms in total. The number of hydrogen-bond acceptors (Lipinski definition) is 4. The van der Waals surface area contributed by atoms with Crippen LogP contribution in [-0.2, 0) is 11.3 Å². The smallest absolute Gasteiger partial charge is 0.345 e. The summed E-state index contributed by atoms with van der Waals surface area (Å²) in [6, 6.07) is 3.15. The van der Waals surface area contributed by atoms with E-state index < -0.39 is 5.97 Å². The van der Waals surface area contributed by atoms with E-state index in [-0.39, 0.29) is 11.9 Å². The molecule has 0 saturated carbocycles. The Balaban J connectivity index is 2.52. The summed E-state index contributed by atoms with van der Waals surface area (Å²) in [5, 5.41) is 11.8. The highest BCUT2D eigenvalue weighted by Gasteiger charge is 2.19.